The Hall–Kier alpha value is -0.760. The Labute approximate surface area is 252 Å². The third-order valence-corrected chi connectivity index (χ3v) is 8.21. The van der Waals surface area contributed by atoms with E-state index in [-0.39, 0.29) is 19.1 Å². The fourth-order valence-corrected chi connectivity index (χ4v) is 5.21. The van der Waals surface area contributed by atoms with Crippen molar-refractivity contribution < 1.29 is 32.9 Å². The zero-order chi connectivity index (χ0) is 30.8. The fraction of sp³-hybridized carbons (Fsp3) is 0.906. The lowest BCUT2D eigenvalue weighted by atomic mass is 10.0. The van der Waals surface area contributed by atoms with E-state index < -0.39 is 20.0 Å². The van der Waals surface area contributed by atoms with Gasteiger partial charge in [-0.25, -0.2) is 0 Å². The number of unbranched alkanes of at least 4 members (excludes halogenated alkanes) is 16. The van der Waals surface area contributed by atoms with Crippen LogP contribution in [0.15, 0.2) is 12.2 Å². The monoisotopic (exact) mass is 604 g/mol. The lowest BCUT2D eigenvalue weighted by Crippen LogP contribution is -2.45. The number of carbonyl (C=O) groups excluding carboxylic acids is 1. The molecule has 0 spiro atoms. The Morgan fingerprint density at radius 2 is 1.32 bits per heavy atom. The summed E-state index contributed by atoms with van der Waals surface area (Å²) in [4.78, 5) is 24.8. The second kappa shape index (κ2) is 25.7. The van der Waals surface area contributed by atoms with Crippen LogP contribution in [0.2, 0.25) is 0 Å². The van der Waals surface area contributed by atoms with Crippen molar-refractivity contribution in [2.24, 2.45) is 0 Å². The summed E-state index contributed by atoms with van der Waals surface area (Å²) in [7, 11) is 1.26. The van der Waals surface area contributed by atoms with Crippen molar-refractivity contribution in [3.63, 3.8) is 0 Å². The molecular weight excluding hydrogens is 539 g/mol. The van der Waals surface area contributed by atoms with Crippen LogP contribution in [0, 0.1) is 0 Å². The highest BCUT2D eigenvalue weighted by atomic mass is 31.2. The van der Waals surface area contributed by atoms with Crippen molar-refractivity contribution in [1.29, 1.82) is 0 Å². The van der Waals surface area contributed by atoms with Gasteiger partial charge in [0.1, 0.15) is 13.2 Å². The third kappa shape index (κ3) is 27.8. The molecule has 0 saturated heterocycles. The van der Waals surface area contributed by atoms with Crippen molar-refractivity contribution >= 4 is 13.7 Å². The number of nitrogens with one attached hydrogen (secondary N) is 1. The highest BCUT2D eigenvalue weighted by Gasteiger charge is 2.23. The highest BCUT2D eigenvalue weighted by molar-refractivity contribution is 7.45. The number of aliphatic hydroxyl groups is 1. The van der Waals surface area contributed by atoms with Crippen molar-refractivity contribution in [3.05, 3.63) is 12.2 Å². The summed E-state index contributed by atoms with van der Waals surface area (Å²) in [6, 6.07) is -0.874. The van der Waals surface area contributed by atoms with Gasteiger partial charge in [-0.05, 0) is 12.8 Å². The van der Waals surface area contributed by atoms with E-state index in [1.165, 1.54) is 77.0 Å². The molecule has 0 fully saturated rings. The van der Waals surface area contributed by atoms with Crippen LogP contribution < -0.4 is 10.2 Å². The molecule has 2 N–H and O–H groups in total. The number of aliphatic hydroxyl groups excluding tert-OH is 1. The second-order valence-electron chi connectivity index (χ2n) is 12.5. The van der Waals surface area contributed by atoms with Crippen LogP contribution in [0.3, 0.4) is 0 Å². The van der Waals surface area contributed by atoms with Crippen molar-refractivity contribution in [2.45, 2.75) is 148 Å². The van der Waals surface area contributed by atoms with E-state index in [4.69, 9.17) is 9.05 Å². The number of amides is 1. The number of rotatable bonds is 29. The Bertz CT molecular complexity index is 698. The fourth-order valence-electron chi connectivity index (χ4n) is 4.49. The predicted octanol–water partition coefficient (Wildman–Crippen LogP) is 7.05. The first-order chi connectivity index (χ1) is 19.5. The van der Waals surface area contributed by atoms with Gasteiger partial charge in [-0.1, -0.05) is 129 Å². The number of nitrogens with zero attached hydrogens (tertiary/aromatic N) is 1. The molecule has 0 rings (SSSR count). The van der Waals surface area contributed by atoms with E-state index in [1.807, 2.05) is 27.2 Å². The van der Waals surface area contributed by atoms with Gasteiger partial charge in [-0.3, -0.25) is 9.36 Å². The lowest BCUT2D eigenvalue weighted by molar-refractivity contribution is -0.870. The molecule has 0 aliphatic carbocycles. The molecular formula is C32H65N2O6P. The summed E-state index contributed by atoms with van der Waals surface area (Å²) in [6.07, 6.45) is 24.5. The van der Waals surface area contributed by atoms with Gasteiger partial charge in [0.25, 0.3) is 7.82 Å². The number of carbonyl (C=O) groups is 1. The molecule has 0 bridgehead atoms. The van der Waals surface area contributed by atoms with E-state index in [2.05, 4.69) is 19.2 Å². The standard InChI is InChI=1S/C32H65N2O6P/c1-6-8-10-12-13-14-15-16-17-18-19-20-21-22-24-26-32(36)33-30(31(35)25-23-11-9-7-2)29-40-41(37,38)39-28-27-34(3,4)5/h23,25,30-31,35H,6-22,24,26-29H2,1-5H3,(H-,33,36,37,38)/b25-23+. The highest BCUT2D eigenvalue weighted by Crippen LogP contribution is 2.38. The zero-order valence-electron chi connectivity index (χ0n) is 27.2. The molecule has 0 aromatic rings. The van der Waals surface area contributed by atoms with Gasteiger partial charge in [-0.2, -0.15) is 0 Å². The molecule has 0 aliphatic rings. The van der Waals surface area contributed by atoms with Crippen molar-refractivity contribution in [3.8, 4) is 0 Å². The van der Waals surface area contributed by atoms with Crippen molar-refractivity contribution in [1.82, 2.24) is 5.32 Å². The van der Waals surface area contributed by atoms with Crippen LogP contribution >= 0.6 is 7.82 Å². The molecule has 9 heteroatoms. The minimum Gasteiger partial charge on any atom is -0.756 e. The summed E-state index contributed by atoms with van der Waals surface area (Å²) >= 11 is 0. The Morgan fingerprint density at radius 3 is 1.80 bits per heavy atom. The van der Waals surface area contributed by atoms with Crippen molar-refractivity contribution in [2.75, 3.05) is 40.9 Å². The molecule has 1 amide bonds. The molecule has 0 saturated carbocycles. The molecule has 8 nitrogen and oxygen atoms in total. The van der Waals surface area contributed by atoms with Crippen LogP contribution in [0.25, 0.3) is 0 Å². The van der Waals surface area contributed by atoms with Crippen LogP contribution in [0.5, 0.6) is 0 Å². The third-order valence-electron chi connectivity index (χ3n) is 7.25. The average molecular weight is 605 g/mol. The average Bonchev–Trinajstić information content (AvgIpc) is 2.90. The van der Waals surface area contributed by atoms with E-state index in [0.29, 0.717) is 17.4 Å². The number of allylic oxidation sites excluding steroid dienone is 1. The summed E-state index contributed by atoms with van der Waals surface area (Å²) < 4.78 is 22.8. The minimum absolute atomic E-state index is 0.0000285. The normalized spacial score (nSPS) is 15.2. The van der Waals surface area contributed by atoms with Gasteiger partial charge in [0, 0.05) is 6.42 Å². The maximum atomic E-state index is 12.6. The van der Waals surface area contributed by atoms with Gasteiger partial charge in [0.2, 0.25) is 5.91 Å². The van der Waals surface area contributed by atoms with E-state index in [9.17, 15) is 19.4 Å². The number of phosphoric acid groups is 1. The summed E-state index contributed by atoms with van der Waals surface area (Å²) in [5, 5.41) is 13.4. The van der Waals surface area contributed by atoms with Gasteiger partial charge >= 0.3 is 0 Å². The molecule has 0 heterocycles. The second-order valence-corrected chi connectivity index (χ2v) is 13.9. The number of likely N-dealkylation sites (N-methyl/N-ethyl adjacent to an activating group) is 1. The SMILES string of the molecule is CCCC/C=C/C(O)C(COP(=O)([O-])OCC[N+](C)(C)C)NC(=O)CCCCCCCCCCCCCCCCC. The number of phosphoric ester groups is 1. The van der Waals surface area contributed by atoms with Gasteiger partial charge < -0.3 is 28.8 Å². The first-order valence-corrected chi connectivity index (χ1v) is 18.0. The van der Waals surface area contributed by atoms with Crippen LogP contribution in [0.4, 0.5) is 0 Å². The van der Waals surface area contributed by atoms with E-state index in [0.717, 1.165) is 38.5 Å². The molecule has 244 valence electrons. The van der Waals surface area contributed by atoms with E-state index in [1.54, 1.807) is 6.08 Å². The maximum absolute atomic E-state index is 12.6. The minimum atomic E-state index is -4.55. The molecule has 0 radical (unpaired) electrons. The molecule has 0 aliphatic heterocycles. The summed E-state index contributed by atoms with van der Waals surface area (Å²) in [6.45, 7) is 4.46. The summed E-state index contributed by atoms with van der Waals surface area (Å²) in [5.41, 5.74) is 0. The Morgan fingerprint density at radius 1 is 0.829 bits per heavy atom. The molecule has 0 aromatic carbocycles. The van der Waals surface area contributed by atoms with Crippen LogP contribution in [-0.2, 0) is 18.4 Å². The van der Waals surface area contributed by atoms with Gasteiger partial charge in [-0.15, -0.1) is 0 Å². The number of hydrogen-bond donors (Lipinski definition) is 2. The molecule has 0 aromatic heterocycles. The lowest BCUT2D eigenvalue weighted by Gasteiger charge is -2.29. The molecule has 3 atom stereocenters. The Kier molecular flexibility index (Phi) is 25.2. The quantitative estimate of drug-likeness (QED) is 0.0410. The van der Waals surface area contributed by atoms with Gasteiger partial charge in [0.05, 0.1) is 39.9 Å². The van der Waals surface area contributed by atoms with E-state index >= 15 is 0 Å². The Balaban J connectivity index is 4.28. The summed E-state index contributed by atoms with van der Waals surface area (Å²) in [5.74, 6) is -0.207. The topological polar surface area (TPSA) is 108 Å². The van der Waals surface area contributed by atoms with Crippen LogP contribution in [-0.4, -0.2) is 68.5 Å². The first-order valence-electron chi connectivity index (χ1n) is 16.6. The molecule has 41 heavy (non-hydrogen) atoms. The smallest absolute Gasteiger partial charge is 0.268 e. The number of quaternary nitrogens is 1. The zero-order valence-corrected chi connectivity index (χ0v) is 28.1. The maximum Gasteiger partial charge on any atom is 0.268 e. The largest absolute Gasteiger partial charge is 0.756 e. The molecule has 3 unspecified atom stereocenters. The van der Waals surface area contributed by atoms with Gasteiger partial charge in [0.15, 0.2) is 0 Å². The first kappa shape index (κ1) is 40.2. The van der Waals surface area contributed by atoms with Crippen LogP contribution in [0.1, 0.15) is 136 Å². The number of hydrogen-bond acceptors (Lipinski definition) is 6. The predicted molar refractivity (Wildman–Crippen MR) is 169 cm³/mol.